The number of nitrogens with zero attached hydrogens (tertiary/aromatic N) is 3. The minimum absolute atomic E-state index is 0.0528. The maximum absolute atomic E-state index is 12.4. The molecule has 0 bridgehead atoms. The molecule has 5 nitrogen and oxygen atoms in total. The van der Waals surface area contributed by atoms with Crippen LogP contribution in [0.2, 0.25) is 0 Å². The number of fused-ring (bicyclic) bond motifs is 1. The standard InChI is InChI=1S/C17H15N3O2/c21-17(20-7-3-4-8-20)14-11-18-10-13(19-14)16-9-12-5-1-2-6-15(12)22-16/h1-2,5-6,9-11H,3-4,7-8H2. The Balaban J connectivity index is 1.70. The Morgan fingerprint density at radius 2 is 1.95 bits per heavy atom. The fourth-order valence-electron chi connectivity index (χ4n) is 2.78. The van der Waals surface area contributed by atoms with E-state index in [1.807, 2.05) is 35.2 Å². The van der Waals surface area contributed by atoms with Gasteiger partial charge in [0.15, 0.2) is 5.76 Å². The van der Waals surface area contributed by atoms with Crippen LogP contribution in [-0.2, 0) is 0 Å². The molecule has 0 atom stereocenters. The van der Waals surface area contributed by atoms with E-state index in [0.29, 0.717) is 17.1 Å². The first-order chi connectivity index (χ1) is 10.8. The van der Waals surface area contributed by atoms with Gasteiger partial charge in [-0.2, -0.15) is 0 Å². The summed E-state index contributed by atoms with van der Waals surface area (Å²) < 4.78 is 5.79. The minimum Gasteiger partial charge on any atom is -0.454 e. The highest BCUT2D eigenvalue weighted by Gasteiger charge is 2.21. The van der Waals surface area contributed by atoms with Crippen LogP contribution in [0.1, 0.15) is 23.3 Å². The highest BCUT2D eigenvalue weighted by Crippen LogP contribution is 2.26. The molecule has 2 aromatic heterocycles. The summed E-state index contributed by atoms with van der Waals surface area (Å²) in [5.74, 6) is 0.577. The first-order valence-corrected chi connectivity index (χ1v) is 7.41. The van der Waals surface area contributed by atoms with Crippen LogP contribution in [-0.4, -0.2) is 33.9 Å². The van der Waals surface area contributed by atoms with Crippen LogP contribution in [0, 0.1) is 0 Å². The van der Waals surface area contributed by atoms with E-state index in [9.17, 15) is 4.79 Å². The van der Waals surface area contributed by atoms with Crippen molar-refractivity contribution in [2.75, 3.05) is 13.1 Å². The van der Waals surface area contributed by atoms with E-state index in [4.69, 9.17) is 4.42 Å². The predicted octanol–water partition coefficient (Wildman–Crippen LogP) is 3.13. The maximum atomic E-state index is 12.4. The van der Waals surface area contributed by atoms with Gasteiger partial charge in [0, 0.05) is 18.5 Å². The number of amides is 1. The van der Waals surface area contributed by atoms with Crippen LogP contribution >= 0.6 is 0 Å². The average molecular weight is 293 g/mol. The molecule has 1 fully saturated rings. The molecule has 1 aliphatic rings. The monoisotopic (exact) mass is 293 g/mol. The number of rotatable bonds is 2. The Bertz CT molecular complexity index is 802. The van der Waals surface area contributed by atoms with Crippen molar-refractivity contribution in [3.8, 4) is 11.5 Å². The molecule has 0 radical (unpaired) electrons. The van der Waals surface area contributed by atoms with Gasteiger partial charge in [0.1, 0.15) is 17.0 Å². The van der Waals surface area contributed by atoms with E-state index in [1.165, 1.54) is 6.20 Å². The van der Waals surface area contributed by atoms with Crippen molar-refractivity contribution < 1.29 is 9.21 Å². The van der Waals surface area contributed by atoms with Gasteiger partial charge in [-0.05, 0) is 25.0 Å². The molecule has 1 amide bonds. The lowest BCUT2D eigenvalue weighted by Gasteiger charge is -2.14. The third kappa shape index (κ3) is 2.24. The van der Waals surface area contributed by atoms with Gasteiger partial charge in [0.2, 0.25) is 0 Å². The molecule has 1 saturated heterocycles. The van der Waals surface area contributed by atoms with Crippen LogP contribution in [0.5, 0.6) is 0 Å². The number of benzene rings is 1. The molecule has 4 rings (SSSR count). The molecule has 110 valence electrons. The van der Waals surface area contributed by atoms with Gasteiger partial charge >= 0.3 is 0 Å². The van der Waals surface area contributed by atoms with Gasteiger partial charge in [-0.15, -0.1) is 0 Å². The van der Waals surface area contributed by atoms with Gasteiger partial charge < -0.3 is 9.32 Å². The van der Waals surface area contributed by atoms with Crippen molar-refractivity contribution >= 4 is 16.9 Å². The second-order valence-electron chi connectivity index (χ2n) is 5.44. The Kier molecular flexibility index (Phi) is 3.11. The summed E-state index contributed by atoms with van der Waals surface area (Å²) in [6.45, 7) is 1.60. The van der Waals surface area contributed by atoms with E-state index in [2.05, 4.69) is 9.97 Å². The summed E-state index contributed by atoms with van der Waals surface area (Å²) >= 11 is 0. The number of para-hydroxylation sites is 1. The van der Waals surface area contributed by atoms with Crippen molar-refractivity contribution in [3.63, 3.8) is 0 Å². The second-order valence-corrected chi connectivity index (χ2v) is 5.44. The van der Waals surface area contributed by atoms with Crippen LogP contribution in [0.25, 0.3) is 22.4 Å². The minimum atomic E-state index is -0.0528. The van der Waals surface area contributed by atoms with Crippen LogP contribution in [0.15, 0.2) is 47.1 Å². The van der Waals surface area contributed by atoms with Crippen LogP contribution in [0.3, 0.4) is 0 Å². The van der Waals surface area contributed by atoms with Gasteiger partial charge in [-0.1, -0.05) is 18.2 Å². The number of furan rings is 1. The first-order valence-electron chi connectivity index (χ1n) is 7.41. The van der Waals surface area contributed by atoms with E-state index in [1.54, 1.807) is 6.20 Å². The van der Waals surface area contributed by atoms with Crippen molar-refractivity contribution in [2.45, 2.75) is 12.8 Å². The molecule has 0 aliphatic carbocycles. The fraction of sp³-hybridized carbons (Fsp3) is 0.235. The molecule has 0 N–H and O–H groups in total. The van der Waals surface area contributed by atoms with Gasteiger partial charge in [-0.25, -0.2) is 4.98 Å². The van der Waals surface area contributed by atoms with E-state index >= 15 is 0 Å². The van der Waals surface area contributed by atoms with E-state index in [-0.39, 0.29) is 5.91 Å². The molecular weight excluding hydrogens is 278 g/mol. The van der Waals surface area contributed by atoms with Gasteiger partial charge in [0.05, 0.1) is 12.4 Å². The maximum Gasteiger partial charge on any atom is 0.274 e. The number of carbonyl (C=O) groups is 1. The summed E-state index contributed by atoms with van der Waals surface area (Å²) in [6, 6.07) is 9.69. The predicted molar refractivity (Wildman–Crippen MR) is 82.4 cm³/mol. The van der Waals surface area contributed by atoms with Crippen LogP contribution in [0.4, 0.5) is 0 Å². The zero-order valence-corrected chi connectivity index (χ0v) is 12.0. The fourth-order valence-corrected chi connectivity index (χ4v) is 2.78. The molecule has 3 aromatic rings. The molecule has 3 heterocycles. The summed E-state index contributed by atoms with van der Waals surface area (Å²) in [5, 5.41) is 1.01. The van der Waals surface area contributed by atoms with E-state index in [0.717, 1.165) is 36.9 Å². The molecule has 1 aromatic carbocycles. The average Bonchev–Trinajstić information content (AvgIpc) is 3.23. The lowest BCUT2D eigenvalue weighted by Crippen LogP contribution is -2.28. The molecule has 1 aliphatic heterocycles. The third-order valence-electron chi connectivity index (χ3n) is 3.92. The molecule has 0 unspecified atom stereocenters. The summed E-state index contributed by atoms with van der Waals surface area (Å²) in [5.41, 5.74) is 1.76. The number of hydrogen-bond donors (Lipinski definition) is 0. The third-order valence-corrected chi connectivity index (χ3v) is 3.92. The molecule has 0 saturated carbocycles. The van der Waals surface area contributed by atoms with Crippen LogP contribution < -0.4 is 0 Å². The molecule has 5 heteroatoms. The molecular formula is C17H15N3O2. The van der Waals surface area contributed by atoms with Crippen molar-refractivity contribution in [1.29, 1.82) is 0 Å². The van der Waals surface area contributed by atoms with Crippen molar-refractivity contribution in [1.82, 2.24) is 14.9 Å². The molecule has 0 spiro atoms. The number of hydrogen-bond acceptors (Lipinski definition) is 4. The first kappa shape index (κ1) is 13.0. The number of likely N-dealkylation sites (tertiary alicyclic amines) is 1. The molecule has 22 heavy (non-hydrogen) atoms. The quantitative estimate of drug-likeness (QED) is 0.728. The van der Waals surface area contributed by atoms with Crippen molar-refractivity contribution in [2.24, 2.45) is 0 Å². The highest BCUT2D eigenvalue weighted by molar-refractivity contribution is 5.92. The Hall–Kier alpha value is -2.69. The smallest absolute Gasteiger partial charge is 0.274 e. The largest absolute Gasteiger partial charge is 0.454 e. The number of aromatic nitrogens is 2. The normalized spacial score (nSPS) is 14.6. The lowest BCUT2D eigenvalue weighted by molar-refractivity contribution is 0.0786. The Morgan fingerprint density at radius 3 is 2.77 bits per heavy atom. The summed E-state index contributed by atoms with van der Waals surface area (Å²) in [7, 11) is 0. The van der Waals surface area contributed by atoms with Crippen molar-refractivity contribution in [3.05, 3.63) is 48.4 Å². The van der Waals surface area contributed by atoms with E-state index < -0.39 is 0 Å². The zero-order chi connectivity index (χ0) is 14.9. The highest BCUT2D eigenvalue weighted by atomic mass is 16.3. The summed E-state index contributed by atoms with van der Waals surface area (Å²) in [6.07, 6.45) is 5.26. The van der Waals surface area contributed by atoms with Gasteiger partial charge in [-0.3, -0.25) is 9.78 Å². The number of carbonyl (C=O) groups excluding carboxylic acids is 1. The topological polar surface area (TPSA) is 59.2 Å². The lowest BCUT2D eigenvalue weighted by atomic mass is 10.2. The Labute approximate surface area is 127 Å². The zero-order valence-electron chi connectivity index (χ0n) is 12.0. The summed E-state index contributed by atoms with van der Waals surface area (Å²) in [4.78, 5) is 22.8. The van der Waals surface area contributed by atoms with Gasteiger partial charge in [0.25, 0.3) is 5.91 Å². The SMILES string of the molecule is O=C(c1cncc(-c2cc3ccccc3o2)n1)N1CCCC1. The Morgan fingerprint density at radius 1 is 1.14 bits per heavy atom. The second kappa shape index (κ2) is 5.26.